The lowest BCUT2D eigenvalue weighted by molar-refractivity contribution is 0.102. The van der Waals surface area contributed by atoms with Gasteiger partial charge in [-0.25, -0.2) is 0 Å². The van der Waals surface area contributed by atoms with E-state index < -0.39 is 0 Å². The van der Waals surface area contributed by atoms with Crippen molar-refractivity contribution in [2.45, 2.75) is 20.3 Å². The number of ether oxygens (including phenoxy) is 2. The van der Waals surface area contributed by atoms with E-state index in [0.29, 0.717) is 28.8 Å². The van der Waals surface area contributed by atoms with Crippen molar-refractivity contribution in [2.24, 2.45) is 5.92 Å². The minimum atomic E-state index is -0.278. The minimum absolute atomic E-state index is 0.278. The zero-order valence-corrected chi connectivity index (χ0v) is 15.1. The summed E-state index contributed by atoms with van der Waals surface area (Å²) < 4.78 is 10.4. The predicted molar refractivity (Wildman–Crippen MR) is 99.7 cm³/mol. The van der Waals surface area contributed by atoms with E-state index >= 15 is 0 Å². The fourth-order valence-corrected chi connectivity index (χ4v) is 2.28. The molecular formula is C19H25N3O3. The SMILES string of the molecule is COc1ccc(NC(=O)c2cc(NCCC(C)C)ccn2)cc1OC. The molecule has 1 aromatic carbocycles. The molecule has 0 aliphatic carbocycles. The molecule has 0 radical (unpaired) electrons. The molecule has 1 aromatic heterocycles. The van der Waals surface area contributed by atoms with Crippen LogP contribution < -0.4 is 20.1 Å². The summed E-state index contributed by atoms with van der Waals surface area (Å²) in [5.74, 6) is 1.51. The highest BCUT2D eigenvalue weighted by Crippen LogP contribution is 2.29. The van der Waals surface area contributed by atoms with E-state index in [1.807, 2.05) is 6.07 Å². The number of carbonyl (C=O) groups excluding carboxylic acids is 1. The van der Waals surface area contributed by atoms with Crippen LogP contribution in [0, 0.1) is 5.92 Å². The molecule has 2 aromatic rings. The van der Waals surface area contributed by atoms with Crippen LogP contribution in [0.1, 0.15) is 30.8 Å². The summed E-state index contributed by atoms with van der Waals surface area (Å²) in [6.07, 6.45) is 2.69. The second-order valence-corrected chi connectivity index (χ2v) is 6.06. The molecular weight excluding hydrogens is 318 g/mol. The number of hydrogen-bond donors (Lipinski definition) is 2. The summed E-state index contributed by atoms with van der Waals surface area (Å²) in [6.45, 7) is 5.21. The summed E-state index contributed by atoms with van der Waals surface area (Å²) in [7, 11) is 3.12. The molecule has 6 heteroatoms. The van der Waals surface area contributed by atoms with E-state index in [1.54, 1.807) is 44.7 Å². The number of carbonyl (C=O) groups is 1. The zero-order chi connectivity index (χ0) is 18.2. The number of methoxy groups -OCH3 is 2. The van der Waals surface area contributed by atoms with Gasteiger partial charge in [-0.3, -0.25) is 9.78 Å². The van der Waals surface area contributed by atoms with Crippen LogP contribution in [-0.4, -0.2) is 31.7 Å². The lowest BCUT2D eigenvalue weighted by atomic mass is 10.1. The van der Waals surface area contributed by atoms with Crippen molar-refractivity contribution >= 4 is 17.3 Å². The summed E-state index contributed by atoms with van der Waals surface area (Å²) in [5.41, 5.74) is 1.85. The van der Waals surface area contributed by atoms with Gasteiger partial charge < -0.3 is 20.1 Å². The molecule has 0 aliphatic rings. The van der Waals surface area contributed by atoms with Crippen LogP contribution in [0.5, 0.6) is 11.5 Å². The van der Waals surface area contributed by atoms with Gasteiger partial charge in [-0.1, -0.05) is 13.8 Å². The van der Waals surface area contributed by atoms with Crippen LogP contribution in [0.25, 0.3) is 0 Å². The number of anilines is 2. The lowest BCUT2D eigenvalue weighted by Gasteiger charge is -2.11. The number of nitrogens with zero attached hydrogens (tertiary/aromatic N) is 1. The van der Waals surface area contributed by atoms with Crippen LogP contribution in [0.4, 0.5) is 11.4 Å². The lowest BCUT2D eigenvalue weighted by Crippen LogP contribution is -2.14. The maximum absolute atomic E-state index is 12.4. The number of rotatable bonds is 8. The number of benzene rings is 1. The fourth-order valence-electron chi connectivity index (χ4n) is 2.28. The van der Waals surface area contributed by atoms with Gasteiger partial charge in [0.2, 0.25) is 0 Å². The predicted octanol–water partition coefficient (Wildman–Crippen LogP) is 3.81. The normalized spacial score (nSPS) is 10.4. The van der Waals surface area contributed by atoms with Gasteiger partial charge in [-0.05, 0) is 36.6 Å². The number of nitrogens with one attached hydrogen (secondary N) is 2. The summed E-state index contributed by atoms with van der Waals surface area (Å²) in [4.78, 5) is 16.6. The summed E-state index contributed by atoms with van der Waals surface area (Å²) >= 11 is 0. The minimum Gasteiger partial charge on any atom is -0.493 e. The number of hydrogen-bond acceptors (Lipinski definition) is 5. The Balaban J connectivity index is 2.05. The average Bonchev–Trinajstić information content (AvgIpc) is 2.61. The summed E-state index contributed by atoms with van der Waals surface area (Å²) in [5, 5.41) is 6.13. The number of amides is 1. The van der Waals surface area contributed by atoms with Gasteiger partial charge in [0.1, 0.15) is 5.69 Å². The number of aromatic nitrogens is 1. The Morgan fingerprint density at radius 3 is 2.52 bits per heavy atom. The summed E-state index contributed by atoms with van der Waals surface area (Å²) in [6, 6.07) is 8.81. The molecule has 0 spiro atoms. The Morgan fingerprint density at radius 2 is 1.84 bits per heavy atom. The third kappa shape index (κ3) is 5.38. The Bertz CT molecular complexity index is 717. The van der Waals surface area contributed by atoms with Gasteiger partial charge in [0.25, 0.3) is 5.91 Å². The van der Waals surface area contributed by atoms with Crippen LogP contribution in [0.15, 0.2) is 36.5 Å². The molecule has 0 unspecified atom stereocenters. The molecule has 2 rings (SSSR count). The molecule has 1 amide bonds. The van der Waals surface area contributed by atoms with Gasteiger partial charge in [-0.15, -0.1) is 0 Å². The van der Waals surface area contributed by atoms with Crippen molar-refractivity contribution in [1.82, 2.24) is 4.98 Å². The third-order valence-electron chi connectivity index (χ3n) is 3.68. The fraction of sp³-hybridized carbons (Fsp3) is 0.368. The van der Waals surface area contributed by atoms with Crippen molar-refractivity contribution in [3.05, 3.63) is 42.2 Å². The first-order chi connectivity index (χ1) is 12.0. The molecule has 2 N–H and O–H groups in total. The van der Waals surface area contributed by atoms with Crippen molar-refractivity contribution in [2.75, 3.05) is 31.4 Å². The van der Waals surface area contributed by atoms with Gasteiger partial charge >= 0.3 is 0 Å². The van der Waals surface area contributed by atoms with E-state index in [1.165, 1.54) is 0 Å². The maximum atomic E-state index is 12.4. The standard InChI is InChI=1S/C19H25N3O3/c1-13(2)7-9-20-14-8-10-21-16(11-14)19(23)22-15-5-6-17(24-3)18(12-15)25-4/h5-6,8,10-13H,7,9H2,1-4H3,(H,20,21)(H,22,23). The van der Waals surface area contributed by atoms with Crippen molar-refractivity contribution in [1.29, 1.82) is 0 Å². The quantitative estimate of drug-likeness (QED) is 0.762. The Hall–Kier alpha value is -2.76. The third-order valence-corrected chi connectivity index (χ3v) is 3.68. The molecule has 0 atom stereocenters. The molecule has 0 aliphatic heterocycles. The molecule has 0 saturated carbocycles. The molecule has 1 heterocycles. The van der Waals surface area contributed by atoms with Crippen molar-refractivity contribution < 1.29 is 14.3 Å². The molecule has 0 fully saturated rings. The van der Waals surface area contributed by atoms with E-state index in [-0.39, 0.29) is 5.91 Å². The smallest absolute Gasteiger partial charge is 0.274 e. The molecule has 0 bridgehead atoms. The zero-order valence-electron chi connectivity index (χ0n) is 15.1. The Kier molecular flexibility index (Phi) is 6.62. The maximum Gasteiger partial charge on any atom is 0.274 e. The Labute approximate surface area is 148 Å². The van der Waals surface area contributed by atoms with E-state index in [2.05, 4.69) is 29.5 Å². The van der Waals surface area contributed by atoms with E-state index in [9.17, 15) is 4.79 Å². The Morgan fingerprint density at radius 1 is 1.08 bits per heavy atom. The highest BCUT2D eigenvalue weighted by atomic mass is 16.5. The van der Waals surface area contributed by atoms with Crippen LogP contribution in [0.2, 0.25) is 0 Å². The highest BCUT2D eigenvalue weighted by molar-refractivity contribution is 6.03. The topological polar surface area (TPSA) is 72.5 Å². The van der Waals surface area contributed by atoms with Crippen LogP contribution in [-0.2, 0) is 0 Å². The second kappa shape index (κ2) is 8.92. The number of pyridine rings is 1. The highest BCUT2D eigenvalue weighted by Gasteiger charge is 2.11. The van der Waals surface area contributed by atoms with Crippen molar-refractivity contribution in [3.63, 3.8) is 0 Å². The largest absolute Gasteiger partial charge is 0.493 e. The van der Waals surface area contributed by atoms with Crippen LogP contribution in [0.3, 0.4) is 0 Å². The average molecular weight is 343 g/mol. The van der Waals surface area contributed by atoms with Gasteiger partial charge in [0, 0.05) is 30.2 Å². The first-order valence-corrected chi connectivity index (χ1v) is 8.26. The molecule has 0 saturated heterocycles. The van der Waals surface area contributed by atoms with E-state index in [4.69, 9.17) is 9.47 Å². The van der Waals surface area contributed by atoms with Gasteiger partial charge in [0.05, 0.1) is 14.2 Å². The first-order valence-electron chi connectivity index (χ1n) is 8.26. The molecule has 134 valence electrons. The molecule has 25 heavy (non-hydrogen) atoms. The van der Waals surface area contributed by atoms with Gasteiger partial charge in [-0.2, -0.15) is 0 Å². The van der Waals surface area contributed by atoms with Crippen molar-refractivity contribution in [3.8, 4) is 11.5 Å². The van der Waals surface area contributed by atoms with E-state index in [0.717, 1.165) is 18.7 Å². The monoisotopic (exact) mass is 343 g/mol. The first kappa shape index (κ1) is 18.6. The van der Waals surface area contributed by atoms with Gasteiger partial charge in [0.15, 0.2) is 11.5 Å². The van der Waals surface area contributed by atoms with Crippen LogP contribution >= 0.6 is 0 Å². The molecule has 6 nitrogen and oxygen atoms in total. The second-order valence-electron chi connectivity index (χ2n) is 6.06.